The van der Waals surface area contributed by atoms with Crippen molar-refractivity contribution in [2.24, 2.45) is 5.92 Å². The van der Waals surface area contributed by atoms with Crippen LogP contribution in [-0.4, -0.2) is 28.8 Å². The van der Waals surface area contributed by atoms with Crippen LogP contribution in [0, 0.1) is 5.92 Å². The van der Waals surface area contributed by atoms with Crippen molar-refractivity contribution in [3.63, 3.8) is 0 Å². The van der Waals surface area contributed by atoms with E-state index in [9.17, 15) is 27.9 Å². The molecular weight excluding hydrogens is 501 g/mol. The number of rotatable bonds is 4. The van der Waals surface area contributed by atoms with Crippen molar-refractivity contribution in [3.8, 4) is 11.3 Å². The molecule has 0 unspecified atom stereocenters. The number of furan rings is 1. The quantitative estimate of drug-likeness (QED) is 0.433. The molecule has 0 spiro atoms. The first-order valence-electron chi connectivity index (χ1n) is 8.91. The van der Waals surface area contributed by atoms with Crippen LogP contribution >= 0.6 is 27.3 Å². The zero-order chi connectivity index (χ0) is 22.4. The summed E-state index contributed by atoms with van der Waals surface area (Å²) in [5, 5.41) is 15.9. The van der Waals surface area contributed by atoms with Crippen LogP contribution in [0.5, 0.6) is 0 Å². The Kier molecular flexibility index (Phi) is 5.44. The Morgan fingerprint density at radius 1 is 1.16 bits per heavy atom. The number of nitrogens with one attached hydrogen (secondary N) is 2. The van der Waals surface area contributed by atoms with Gasteiger partial charge in [0.25, 0.3) is 0 Å². The second-order valence-corrected chi connectivity index (χ2v) is 8.73. The Morgan fingerprint density at radius 2 is 1.87 bits per heavy atom. The van der Waals surface area contributed by atoms with Crippen molar-refractivity contribution >= 4 is 39.1 Å². The number of benzene rings is 1. The lowest BCUT2D eigenvalue weighted by atomic mass is 9.80. The highest BCUT2D eigenvalue weighted by atomic mass is 79.9. The van der Waals surface area contributed by atoms with E-state index in [4.69, 9.17) is 4.42 Å². The smallest absolute Gasteiger partial charge is 0.437 e. The first kappa shape index (κ1) is 21.6. The van der Waals surface area contributed by atoms with Crippen molar-refractivity contribution in [1.82, 2.24) is 10.6 Å². The van der Waals surface area contributed by atoms with Gasteiger partial charge in [0.1, 0.15) is 23.5 Å². The first-order valence-corrected chi connectivity index (χ1v) is 10.6. The van der Waals surface area contributed by atoms with E-state index in [1.165, 1.54) is 35.0 Å². The lowest BCUT2D eigenvalue weighted by Gasteiger charge is -2.44. The van der Waals surface area contributed by atoms with Crippen LogP contribution in [0.25, 0.3) is 11.3 Å². The molecule has 3 atom stereocenters. The zero-order valence-electron chi connectivity index (χ0n) is 15.4. The summed E-state index contributed by atoms with van der Waals surface area (Å²) in [6.45, 7) is 0. The van der Waals surface area contributed by atoms with Gasteiger partial charge in [-0.2, -0.15) is 13.2 Å². The molecule has 31 heavy (non-hydrogen) atoms. The molecule has 1 saturated heterocycles. The van der Waals surface area contributed by atoms with Crippen LogP contribution in [-0.2, 0) is 0 Å². The van der Waals surface area contributed by atoms with Gasteiger partial charge in [-0.1, -0.05) is 34.1 Å². The van der Waals surface area contributed by atoms with Gasteiger partial charge in [0.2, 0.25) is 5.72 Å². The van der Waals surface area contributed by atoms with Gasteiger partial charge in [-0.25, -0.2) is 4.79 Å². The van der Waals surface area contributed by atoms with Crippen LogP contribution in [0.15, 0.2) is 62.8 Å². The topological polar surface area (TPSA) is 91.6 Å². The van der Waals surface area contributed by atoms with Gasteiger partial charge in [-0.15, -0.1) is 11.3 Å². The summed E-state index contributed by atoms with van der Waals surface area (Å²) in [5.41, 5.74) is -3.15. The maximum Gasteiger partial charge on any atom is 0.437 e. The number of carbonyl (C=O) groups excluding carboxylic acids is 2. The fraction of sp³-hybridized carbons (Fsp3) is 0.200. The van der Waals surface area contributed by atoms with E-state index in [-0.39, 0.29) is 10.6 Å². The molecule has 1 aliphatic heterocycles. The fourth-order valence-corrected chi connectivity index (χ4v) is 4.41. The monoisotopic (exact) mass is 514 g/mol. The van der Waals surface area contributed by atoms with Crippen molar-refractivity contribution in [2.75, 3.05) is 0 Å². The third-order valence-corrected chi connectivity index (χ3v) is 6.33. The van der Waals surface area contributed by atoms with Crippen molar-refractivity contribution in [1.29, 1.82) is 0 Å². The predicted octanol–water partition coefficient (Wildman–Crippen LogP) is 4.87. The van der Waals surface area contributed by atoms with Crippen molar-refractivity contribution in [3.05, 3.63) is 69.0 Å². The Balaban J connectivity index is 1.79. The molecular formula is C20H14BrF3N2O4S. The van der Waals surface area contributed by atoms with Gasteiger partial charge in [0, 0.05) is 10.0 Å². The first-order chi connectivity index (χ1) is 14.6. The molecule has 1 aromatic carbocycles. The number of aliphatic hydroxyl groups is 1. The van der Waals surface area contributed by atoms with Crippen LogP contribution in [0.4, 0.5) is 18.0 Å². The summed E-state index contributed by atoms with van der Waals surface area (Å²) in [6, 6.07) is 9.90. The van der Waals surface area contributed by atoms with E-state index < -0.39 is 35.7 Å². The van der Waals surface area contributed by atoms with Crippen molar-refractivity contribution in [2.45, 2.75) is 17.9 Å². The summed E-state index contributed by atoms with van der Waals surface area (Å²) >= 11 is 4.24. The number of halogens is 4. The predicted molar refractivity (Wildman–Crippen MR) is 109 cm³/mol. The van der Waals surface area contributed by atoms with E-state index in [0.717, 1.165) is 15.8 Å². The fourth-order valence-electron chi connectivity index (χ4n) is 3.44. The molecule has 0 bridgehead atoms. The molecule has 0 radical (unpaired) electrons. The highest BCUT2D eigenvalue weighted by Crippen LogP contribution is 2.45. The van der Waals surface area contributed by atoms with Gasteiger partial charge in [-0.3, -0.25) is 4.79 Å². The summed E-state index contributed by atoms with van der Waals surface area (Å²) in [5.74, 6) is -2.86. The number of alkyl halides is 3. The van der Waals surface area contributed by atoms with Crippen molar-refractivity contribution < 1.29 is 32.3 Å². The molecule has 1 fully saturated rings. The van der Waals surface area contributed by atoms with Crippen LogP contribution < -0.4 is 10.6 Å². The highest BCUT2D eigenvalue weighted by Gasteiger charge is 2.67. The molecule has 3 N–H and O–H groups in total. The Labute approximate surface area is 186 Å². The third kappa shape index (κ3) is 3.88. The number of carbonyl (C=O) groups is 2. The molecule has 3 aromatic rings. The molecule has 0 saturated carbocycles. The summed E-state index contributed by atoms with van der Waals surface area (Å²) < 4.78 is 48.2. The second kappa shape index (κ2) is 7.81. The minimum atomic E-state index is -5.32. The number of ketones is 1. The molecule has 162 valence electrons. The maximum atomic E-state index is 13.9. The number of thiophene rings is 1. The number of amides is 2. The zero-order valence-corrected chi connectivity index (χ0v) is 17.8. The number of urea groups is 1. The standard InChI is InChI=1S/C20H14BrF3N2O4S/c21-11-5-3-10(4-6-11)12-7-8-13(30-12)16-15(17(27)14-2-1-9-31-14)19(29,20(22,23)24)26-18(28)25-16/h1-9,15-16,29H,(H2,25,26,28)/t15-,16+,19-/m0/s1. The van der Waals surface area contributed by atoms with E-state index in [1.54, 1.807) is 24.3 Å². The van der Waals surface area contributed by atoms with E-state index in [1.807, 2.05) is 0 Å². The molecule has 1 aliphatic rings. The molecule has 2 amide bonds. The van der Waals surface area contributed by atoms with E-state index in [0.29, 0.717) is 11.3 Å². The lowest BCUT2D eigenvalue weighted by molar-refractivity contribution is -0.287. The Morgan fingerprint density at radius 3 is 2.48 bits per heavy atom. The molecule has 6 nitrogen and oxygen atoms in total. The highest BCUT2D eigenvalue weighted by molar-refractivity contribution is 9.10. The SMILES string of the molecule is O=C1N[C@H](c2ccc(-c3ccc(Br)cc3)o2)[C@@H](C(=O)c2cccs2)[C@](O)(C(F)(F)F)N1. The largest absolute Gasteiger partial charge is 0.459 e. The average Bonchev–Trinajstić information content (AvgIpc) is 3.39. The molecule has 2 aromatic heterocycles. The number of hydrogen-bond donors (Lipinski definition) is 3. The van der Waals surface area contributed by atoms with Crippen LogP contribution in [0.2, 0.25) is 0 Å². The van der Waals surface area contributed by atoms with Gasteiger partial charge < -0.3 is 20.2 Å². The summed E-state index contributed by atoms with van der Waals surface area (Å²) in [6.07, 6.45) is -5.32. The minimum absolute atomic E-state index is 0.00955. The van der Waals surface area contributed by atoms with Crippen LogP contribution in [0.1, 0.15) is 21.5 Å². The Hall–Kier alpha value is -2.63. The third-order valence-electron chi connectivity index (χ3n) is 4.91. The Bertz CT molecular complexity index is 1110. The van der Waals surface area contributed by atoms with E-state index in [2.05, 4.69) is 21.2 Å². The summed E-state index contributed by atoms with van der Waals surface area (Å²) in [4.78, 5) is 25.1. The maximum absolute atomic E-state index is 13.9. The number of hydrogen-bond acceptors (Lipinski definition) is 5. The van der Waals surface area contributed by atoms with E-state index >= 15 is 0 Å². The van der Waals surface area contributed by atoms with Crippen LogP contribution in [0.3, 0.4) is 0 Å². The normalized spacial score (nSPS) is 23.8. The van der Waals surface area contributed by atoms with Gasteiger partial charge in [-0.05, 0) is 35.7 Å². The minimum Gasteiger partial charge on any atom is -0.459 e. The van der Waals surface area contributed by atoms with Gasteiger partial charge in [0.05, 0.1) is 4.88 Å². The lowest BCUT2D eigenvalue weighted by Crippen LogP contribution is -2.72. The number of Topliss-reactive ketones (excluding diaryl/α,β-unsaturated/α-hetero) is 1. The molecule has 4 rings (SSSR count). The molecule has 0 aliphatic carbocycles. The second-order valence-electron chi connectivity index (χ2n) is 6.87. The summed E-state index contributed by atoms with van der Waals surface area (Å²) in [7, 11) is 0. The van der Waals surface area contributed by atoms with Gasteiger partial charge >= 0.3 is 12.2 Å². The molecule has 11 heteroatoms. The average molecular weight is 515 g/mol. The van der Waals surface area contributed by atoms with Gasteiger partial charge in [0.15, 0.2) is 5.78 Å². The molecule has 3 heterocycles.